The molecule has 0 amide bonds. The van der Waals surface area contributed by atoms with Crippen LogP contribution >= 0.6 is 0 Å². The molecule has 0 saturated carbocycles. The number of esters is 1. The second-order valence-electron chi connectivity index (χ2n) is 6.50. The molecule has 1 fully saturated rings. The minimum absolute atomic E-state index is 0.0990. The van der Waals surface area contributed by atoms with E-state index in [-0.39, 0.29) is 18.5 Å². The van der Waals surface area contributed by atoms with Crippen molar-refractivity contribution in [2.75, 3.05) is 18.0 Å². The molecule has 1 saturated heterocycles. The molecule has 0 aliphatic carbocycles. The Balaban J connectivity index is 1.58. The minimum atomic E-state index is -0.197. The summed E-state index contributed by atoms with van der Waals surface area (Å²) >= 11 is 0. The van der Waals surface area contributed by atoms with Crippen LogP contribution in [0, 0.1) is 13.8 Å². The molecule has 3 rings (SSSR count). The van der Waals surface area contributed by atoms with Gasteiger partial charge in [-0.05, 0) is 33.6 Å². The number of hydrogen-bond donors (Lipinski definition) is 0. The average Bonchev–Trinajstić information content (AvgIpc) is 3.01. The fraction of sp³-hybridized carbons (Fsp3) is 0.556. The molecule has 0 unspecified atom stereocenters. The predicted molar refractivity (Wildman–Crippen MR) is 94.4 cm³/mol. The molecular formula is C18H25N5O2. The first-order valence-corrected chi connectivity index (χ1v) is 8.81. The Kier molecular flexibility index (Phi) is 5.31. The van der Waals surface area contributed by atoms with Gasteiger partial charge in [0.05, 0.1) is 19.2 Å². The zero-order valence-electron chi connectivity index (χ0n) is 15.1. The second-order valence-corrected chi connectivity index (χ2v) is 6.50. The van der Waals surface area contributed by atoms with Gasteiger partial charge in [0.15, 0.2) is 0 Å². The van der Waals surface area contributed by atoms with E-state index in [4.69, 9.17) is 4.74 Å². The molecule has 1 atom stereocenters. The van der Waals surface area contributed by atoms with Gasteiger partial charge in [0, 0.05) is 36.6 Å². The quantitative estimate of drug-likeness (QED) is 0.774. The highest BCUT2D eigenvalue weighted by atomic mass is 16.5. The number of anilines is 1. The van der Waals surface area contributed by atoms with Crippen molar-refractivity contribution in [1.29, 1.82) is 0 Å². The third-order valence-electron chi connectivity index (χ3n) is 4.31. The Bertz CT molecular complexity index is 723. The van der Waals surface area contributed by atoms with Crippen LogP contribution in [0.1, 0.15) is 36.8 Å². The van der Waals surface area contributed by atoms with Gasteiger partial charge in [-0.1, -0.05) is 0 Å². The van der Waals surface area contributed by atoms with Crippen LogP contribution in [0.25, 0.3) is 0 Å². The van der Waals surface area contributed by atoms with Gasteiger partial charge in [0.1, 0.15) is 17.7 Å². The lowest BCUT2D eigenvalue weighted by molar-refractivity contribution is -0.148. The number of piperidine rings is 1. The van der Waals surface area contributed by atoms with Crippen molar-refractivity contribution in [3.8, 4) is 0 Å². The summed E-state index contributed by atoms with van der Waals surface area (Å²) in [7, 11) is 0. The largest absolute Gasteiger partial charge is 0.460 e. The Morgan fingerprint density at radius 2 is 2.20 bits per heavy atom. The van der Waals surface area contributed by atoms with E-state index < -0.39 is 0 Å². The van der Waals surface area contributed by atoms with Crippen LogP contribution in [-0.4, -0.2) is 44.9 Å². The van der Waals surface area contributed by atoms with Crippen molar-refractivity contribution >= 4 is 11.8 Å². The topological polar surface area (TPSA) is 73.1 Å². The van der Waals surface area contributed by atoms with E-state index in [2.05, 4.69) is 20.0 Å². The maximum Gasteiger partial charge on any atom is 0.310 e. The Morgan fingerprint density at radius 1 is 1.36 bits per heavy atom. The van der Waals surface area contributed by atoms with Crippen LogP contribution in [0.4, 0.5) is 5.82 Å². The van der Waals surface area contributed by atoms with Crippen LogP contribution in [0.3, 0.4) is 0 Å². The summed E-state index contributed by atoms with van der Waals surface area (Å²) in [6, 6.07) is 1.98. The summed E-state index contributed by atoms with van der Waals surface area (Å²) < 4.78 is 7.50. The SMILES string of the molecule is CCn1cc(CC(=O)O[C@H]2CCCN(c3cc(C)nc(C)n3)C2)cn1. The maximum absolute atomic E-state index is 12.2. The maximum atomic E-state index is 12.2. The molecular weight excluding hydrogens is 318 g/mol. The van der Waals surface area contributed by atoms with Crippen molar-refractivity contribution in [1.82, 2.24) is 19.7 Å². The molecule has 7 nitrogen and oxygen atoms in total. The number of ether oxygens (including phenoxy) is 1. The van der Waals surface area contributed by atoms with Crippen LogP contribution < -0.4 is 4.90 Å². The molecule has 7 heteroatoms. The summed E-state index contributed by atoms with van der Waals surface area (Å²) in [5, 5.41) is 4.19. The molecule has 0 aromatic carbocycles. The van der Waals surface area contributed by atoms with E-state index in [0.717, 1.165) is 48.8 Å². The zero-order chi connectivity index (χ0) is 17.8. The van der Waals surface area contributed by atoms with Crippen molar-refractivity contribution in [3.05, 3.63) is 35.5 Å². The first kappa shape index (κ1) is 17.4. The summed E-state index contributed by atoms with van der Waals surface area (Å²) in [6.07, 6.45) is 5.65. The van der Waals surface area contributed by atoms with Gasteiger partial charge in [-0.3, -0.25) is 9.48 Å². The van der Waals surface area contributed by atoms with Gasteiger partial charge >= 0.3 is 5.97 Å². The fourth-order valence-corrected chi connectivity index (χ4v) is 3.17. The average molecular weight is 343 g/mol. The third kappa shape index (κ3) is 4.55. The number of aryl methyl sites for hydroxylation is 3. The van der Waals surface area contributed by atoms with Crippen molar-refractivity contribution in [2.24, 2.45) is 0 Å². The molecule has 0 radical (unpaired) electrons. The molecule has 2 aromatic rings. The van der Waals surface area contributed by atoms with Gasteiger partial charge in [-0.15, -0.1) is 0 Å². The molecule has 2 aromatic heterocycles. The second kappa shape index (κ2) is 7.63. The predicted octanol–water partition coefficient (Wildman–Crippen LogP) is 2.06. The lowest BCUT2D eigenvalue weighted by atomic mass is 10.1. The molecule has 1 aliphatic heterocycles. The number of carbonyl (C=O) groups excluding carboxylic acids is 1. The van der Waals surface area contributed by atoms with Crippen LogP contribution in [0.2, 0.25) is 0 Å². The summed E-state index contributed by atoms with van der Waals surface area (Å²) in [5.41, 5.74) is 1.84. The highest BCUT2D eigenvalue weighted by molar-refractivity contribution is 5.72. The molecule has 1 aliphatic rings. The van der Waals surface area contributed by atoms with Gasteiger partial charge in [-0.2, -0.15) is 5.10 Å². The third-order valence-corrected chi connectivity index (χ3v) is 4.31. The summed E-state index contributed by atoms with van der Waals surface area (Å²) in [5.74, 6) is 1.48. The smallest absolute Gasteiger partial charge is 0.310 e. The van der Waals surface area contributed by atoms with E-state index in [1.165, 1.54) is 0 Å². The summed E-state index contributed by atoms with van der Waals surface area (Å²) in [4.78, 5) is 23.2. The highest BCUT2D eigenvalue weighted by Gasteiger charge is 2.24. The highest BCUT2D eigenvalue weighted by Crippen LogP contribution is 2.20. The number of hydrogen-bond acceptors (Lipinski definition) is 6. The monoisotopic (exact) mass is 343 g/mol. The molecule has 25 heavy (non-hydrogen) atoms. The number of aromatic nitrogens is 4. The van der Waals surface area contributed by atoms with E-state index in [9.17, 15) is 4.79 Å². The van der Waals surface area contributed by atoms with Gasteiger partial charge in [0.25, 0.3) is 0 Å². The van der Waals surface area contributed by atoms with Crippen LogP contribution in [0.5, 0.6) is 0 Å². The van der Waals surface area contributed by atoms with Crippen molar-refractivity contribution in [3.63, 3.8) is 0 Å². The van der Waals surface area contributed by atoms with Crippen molar-refractivity contribution < 1.29 is 9.53 Å². The number of nitrogens with zero attached hydrogens (tertiary/aromatic N) is 5. The Labute approximate surface area is 148 Å². The lowest BCUT2D eigenvalue weighted by Gasteiger charge is -2.33. The van der Waals surface area contributed by atoms with Gasteiger partial charge < -0.3 is 9.64 Å². The molecule has 0 bridgehead atoms. The molecule has 3 heterocycles. The van der Waals surface area contributed by atoms with Gasteiger partial charge in [-0.25, -0.2) is 9.97 Å². The lowest BCUT2D eigenvalue weighted by Crippen LogP contribution is -2.41. The molecule has 0 spiro atoms. The zero-order valence-corrected chi connectivity index (χ0v) is 15.1. The number of carbonyl (C=O) groups is 1. The van der Waals surface area contributed by atoms with E-state index in [0.29, 0.717) is 6.54 Å². The van der Waals surface area contributed by atoms with Crippen LogP contribution in [0.15, 0.2) is 18.5 Å². The van der Waals surface area contributed by atoms with Crippen molar-refractivity contribution in [2.45, 2.75) is 52.7 Å². The van der Waals surface area contributed by atoms with Gasteiger partial charge in [0.2, 0.25) is 0 Å². The van der Waals surface area contributed by atoms with E-state index in [1.54, 1.807) is 6.20 Å². The minimum Gasteiger partial charge on any atom is -0.460 e. The first-order valence-electron chi connectivity index (χ1n) is 8.81. The molecule has 0 N–H and O–H groups in total. The Morgan fingerprint density at radius 3 is 2.92 bits per heavy atom. The fourth-order valence-electron chi connectivity index (χ4n) is 3.17. The summed E-state index contributed by atoms with van der Waals surface area (Å²) in [6.45, 7) is 8.28. The molecule has 134 valence electrons. The van der Waals surface area contributed by atoms with Crippen LogP contribution in [-0.2, 0) is 22.5 Å². The number of rotatable bonds is 5. The van der Waals surface area contributed by atoms with E-state index in [1.807, 2.05) is 37.7 Å². The normalized spacial score (nSPS) is 17.6. The first-order chi connectivity index (χ1) is 12.0. The standard InChI is InChI=1S/C18H25N5O2/c1-4-23-11-15(10-19-23)9-18(24)25-16-6-5-7-22(12-16)17-8-13(2)20-14(3)21-17/h8,10-11,16H,4-7,9,12H2,1-3H3/t16-/m0/s1. The van der Waals surface area contributed by atoms with E-state index >= 15 is 0 Å². The Hall–Kier alpha value is -2.44.